The van der Waals surface area contributed by atoms with Crippen molar-refractivity contribution in [1.82, 2.24) is 0 Å². The highest BCUT2D eigenvalue weighted by Crippen LogP contribution is 2.23. The van der Waals surface area contributed by atoms with Crippen LogP contribution >= 0.6 is 15.9 Å². The molecule has 0 amide bonds. The third-order valence-electron chi connectivity index (χ3n) is 2.90. The summed E-state index contributed by atoms with van der Waals surface area (Å²) in [6.45, 7) is 0. The Labute approximate surface area is 128 Å². The number of rotatable bonds is 2. The molecule has 0 saturated heterocycles. The second-order valence-electron chi connectivity index (χ2n) is 4.37. The molecule has 104 valence electrons. The topological polar surface area (TPSA) is 38.7 Å². The van der Waals surface area contributed by atoms with E-state index in [0.29, 0.717) is 11.1 Å². The molecular formula is C16H9BrFNO2. The van der Waals surface area contributed by atoms with Gasteiger partial charge in [-0.3, -0.25) is 0 Å². The first-order valence-corrected chi connectivity index (χ1v) is 6.96. The average Bonchev–Trinajstić information content (AvgIpc) is 2.83. The van der Waals surface area contributed by atoms with E-state index < -0.39 is 5.97 Å². The summed E-state index contributed by atoms with van der Waals surface area (Å²) in [5.74, 6) is -0.602. The van der Waals surface area contributed by atoms with Gasteiger partial charge in [0.25, 0.3) is 0 Å². The van der Waals surface area contributed by atoms with Crippen molar-refractivity contribution in [3.8, 4) is 0 Å². The van der Waals surface area contributed by atoms with Crippen LogP contribution in [0.5, 0.6) is 0 Å². The van der Waals surface area contributed by atoms with Gasteiger partial charge in [-0.1, -0.05) is 24.3 Å². The van der Waals surface area contributed by atoms with Crippen molar-refractivity contribution in [3.63, 3.8) is 0 Å². The Hall–Kier alpha value is -2.27. The van der Waals surface area contributed by atoms with Crippen molar-refractivity contribution >= 4 is 33.9 Å². The van der Waals surface area contributed by atoms with E-state index in [1.54, 1.807) is 24.3 Å². The minimum Gasteiger partial charge on any atom is -0.402 e. The fourth-order valence-electron chi connectivity index (χ4n) is 1.88. The summed E-state index contributed by atoms with van der Waals surface area (Å²) in [6.07, 6.45) is 1.56. The molecule has 2 aromatic carbocycles. The number of cyclic esters (lactones) is 1. The lowest BCUT2D eigenvalue weighted by Crippen LogP contribution is -2.05. The van der Waals surface area contributed by atoms with Gasteiger partial charge in [-0.05, 0) is 51.8 Å². The Morgan fingerprint density at radius 2 is 1.81 bits per heavy atom. The van der Waals surface area contributed by atoms with E-state index in [2.05, 4.69) is 20.9 Å². The van der Waals surface area contributed by atoms with Crippen LogP contribution in [0.3, 0.4) is 0 Å². The molecule has 0 radical (unpaired) electrons. The van der Waals surface area contributed by atoms with Crippen molar-refractivity contribution in [3.05, 3.63) is 75.6 Å². The third-order valence-corrected chi connectivity index (χ3v) is 3.59. The highest BCUT2D eigenvalue weighted by molar-refractivity contribution is 9.10. The molecule has 0 fully saturated rings. The van der Waals surface area contributed by atoms with E-state index in [1.165, 1.54) is 12.1 Å². The molecule has 0 atom stereocenters. The highest BCUT2D eigenvalue weighted by Gasteiger charge is 2.25. The van der Waals surface area contributed by atoms with Crippen LogP contribution in [-0.4, -0.2) is 11.9 Å². The van der Waals surface area contributed by atoms with Gasteiger partial charge in [0.2, 0.25) is 5.90 Å². The number of esters is 1. The van der Waals surface area contributed by atoms with E-state index in [4.69, 9.17) is 4.74 Å². The lowest BCUT2D eigenvalue weighted by molar-refractivity contribution is -0.129. The second-order valence-corrected chi connectivity index (χ2v) is 5.22. The molecule has 0 bridgehead atoms. The predicted octanol–water partition coefficient (Wildman–Crippen LogP) is 3.93. The van der Waals surface area contributed by atoms with Crippen molar-refractivity contribution in [2.75, 3.05) is 0 Å². The smallest absolute Gasteiger partial charge is 0.363 e. The fraction of sp³-hybridized carbons (Fsp3) is 0. The standard InChI is InChI=1S/C16H9BrFNO2/c17-13-4-2-1-3-12(13)15-19-14(16(20)21-15)9-10-5-7-11(18)8-6-10/h1-9H. The Kier molecular flexibility index (Phi) is 3.66. The van der Waals surface area contributed by atoms with Gasteiger partial charge in [0.1, 0.15) is 5.82 Å². The number of nitrogens with zero attached hydrogens (tertiary/aromatic N) is 1. The number of hydrogen-bond donors (Lipinski definition) is 0. The first kappa shape index (κ1) is 13.7. The van der Waals surface area contributed by atoms with Crippen molar-refractivity contribution in [1.29, 1.82) is 0 Å². The van der Waals surface area contributed by atoms with E-state index >= 15 is 0 Å². The van der Waals surface area contributed by atoms with Crippen LogP contribution in [0, 0.1) is 5.82 Å². The molecular weight excluding hydrogens is 337 g/mol. The maximum atomic E-state index is 12.9. The Morgan fingerprint density at radius 1 is 1.10 bits per heavy atom. The van der Waals surface area contributed by atoms with E-state index in [9.17, 15) is 9.18 Å². The minimum absolute atomic E-state index is 0.187. The molecule has 3 nitrogen and oxygen atoms in total. The maximum Gasteiger partial charge on any atom is 0.363 e. The van der Waals surface area contributed by atoms with Crippen LogP contribution < -0.4 is 0 Å². The number of ether oxygens (including phenoxy) is 1. The summed E-state index contributed by atoms with van der Waals surface area (Å²) < 4.78 is 18.8. The van der Waals surface area contributed by atoms with Crippen LogP contribution in [0.4, 0.5) is 4.39 Å². The highest BCUT2D eigenvalue weighted by atomic mass is 79.9. The first-order chi connectivity index (χ1) is 10.1. The number of carbonyl (C=O) groups excluding carboxylic acids is 1. The van der Waals surface area contributed by atoms with Crippen molar-refractivity contribution < 1.29 is 13.9 Å². The molecule has 1 heterocycles. The molecule has 0 aromatic heterocycles. The average molecular weight is 346 g/mol. The van der Waals surface area contributed by atoms with Crippen LogP contribution in [0.25, 0.3) is 6.08 Å². The molecule has 21 heavy (non-hydrogen) atoms. The SMILES string of the molecule is O=C1OC(c2ccccc2Br)=NC1=Cc1ccc(F)cc1. The summed E-state index contributed by atoms with van der Waals surface area (Å²) in [5.41, 5.74) is 1.57. The monoisotopic (exact) mass is 345 g/mol. The Morgan fingerprint density at radius 3 is 2.52 bits per heavy atom. The second kappa shape index (κ2) is 5.61. The summed E-state index contributed by atoms with van der Waals surface area (Å²) in [5, 5.41) is 0. The molecule has 1 aliphatic heterocycles. The third kappa shape index (κ3) is 2.92. The van der Waals surface area contributed by atoms with Gasteiger partial charge in [0, 0.05) is 4.47 Å². The van der Waals surface area contributed by atoms with Gasteiger partial charge in [0.15, 0.2) is 5.70 Å². The molecule has 0 spiro atoms. The van der Waals surface area contributed by atoms with Crippen molar-refractivity contribution in [2.24, 2.45) is 4.99 Å². The van der Waals surface area contributed by atoms with Gasteiger partial charge < -0.3 is 4.74 Å². The largest absolute Gasteiger partial charge is 0.402 e. The minimum atomic E-state index is -0.523. The molecule has 1 aliphatic rings. The molecule has 5 heteroatoms. The van der Waals surface area contributed by atoms with Gasteiger partial charge >= 0.3 is 5.97 Å². The molecule has 3 rings (SSSR count). The van der Waals surface area contributed by atoms with Crippen LogP contribution in [0.2, 0.25) is 0 Å². The Balaban J connectivity index is 1.96. The van der Waals surface area contributed by atoms with Crippen LogP contribution in [0.15, 0.2) is 63.7 Å². The molecule has 0 N–H and O–H groups in total. The van der Waals surface area contributed by atoms with Gasteiger partial charge in [-0.2, -0.15) is 0 Å². The molecule has 2 aromatic rings. The van der Waals surface area contributed by atoms with Crippen molar-refractivity contribution in [2.45, 2.75) is 0 Å². The number of benzene rings is 2. The number of aliphatic imine (C=N–C) groups is 1. The fourth-order valence-corrected chi connectivity index (χ4v) is 2.33. The van der Waals surface area contributed by atoms with Gasteiger partial charge in [-0.25, -0.2) is 14.2 Å². The van der Waals surface area contributed by atoms with Gasteiger partial charge in [0.05, 0.1) is 5.56 Å². The van der Waals surface area contributed by atoms with Crippen LogP contribution in [-0.2, 0) is 9.53 Å². The number of halogens is 2. The summed E-state index contributed by atoms with van der Waals surface area (Å²) in [4.78, 5) is 16.0. The predicted molar refractivity (Wildman–Crippen MR) is 81.1 cm³/mol. The number of carbonyl (C=O) groups is 1. The van der Waals surface area contributed by atoms with E-state index in [0.717, 1.165) is 4.47 Å². The Bertz CT molecular complexity index is 766. The quantitative estimate of drug-likeness (QED) is 0.610. The molecule has 0 aliphatic carbocycles. The summed E-state index contributed by atoms with van der Waals surface area (Å²) in [6, 6.07) is 13.1. The van der Waals surface area contributed by atoms with Crippen LogP contribution in [0.1, 0.15) is 11.1 Å². The lowest BCUT2D eigenvalue weighted by atomic mass is 10.2. The molecule has 0 saturated carbocycles. The first-order valence-electron chi connectivity index (χ1n) is 6.16. The zero-order valence-electron chi connectivity index (χ0n) is 10.7. The summed E-state index contributed by atoms with van der Waals surface area (Å²) in [7, 11) is 0. The molecule has 0 unspecified atom stereocenters. The maximum absolute atomic E-state index is 12.9. The lowest BCUT2D eigenvalue weighted by Gasteiger charge is -2.01. The zero-order valence-corrected chi connectivity index (χ0v) is 12.3. The van der Waals surface area contributed by atoms with E-state index in [1.807, 2.05) is 18.2 Å². The van der Waals surface area contributed by atoms with Gasteiger partial charge in [-0.15, -0.1) is 0 Å². The normalized spacial score (nSPS) is 16.0. The summed E-state index contributed by atoms with van der Waals surface area (Å²) >= 11 is 3.39. The number of hydrogen-bond acceptors (Lipinski definition) is 3. The zero-order chi connectivity index (χ0) is 14.8. The van der Waals surface area contributed by atoms with E-state index in [-0.39, 0.29) is 17.4 Å².